The Bertz CT molecular complexity index is 450. The van der Waals surface area contributed by atoms with Crippen LogP contribution in [0.25, 0.3) is 10.9 Å². The van der Waals surface area contributed by atoms with E-state index in [0.717, 1.165) is 21.3 Å². The molecule has 0 unspecified atom stereocenters. The molecule has 0 aliphatic rings. The molecule has 0 saturated heterocycles. The molecule has 1 aromatic carbocycles. The van der Waals surface area contributed by atoms with Crippen LogP contribution in [0.15, 0.2) is 22.8 Å². The van der Waals surface area contributed by atoms with E-state index in [4.69, 9.17) is 4.74 Å². The average molecular weight is 241 g/mol. The van der Waals surface area contributed by atoms with Crippen LogP contribution in [0.1, 0.15) is 0 Å². The lowest BCUT2D eigenvalue weighted by molar-refractivity contribution is 0.419. The van der Waals surface area contributed by atoms with Gasteiger partial charge in [0, 0.05) is 7.05 Å². The van der Waals surface area contributed by atoms with Crippen LogP contribution in [0.3, 0.4) is 0 Å². The fourth-order valence-corrected chi connectivity index (χ4v) is 2.04. The zero-order valence-electron chi connectivity index (χ0n) is 7.41. The van der Waals surface area contributed by atoms with Crippen molar-refractivity contribution in [1.29, 1.82) is 0 Å². The van der Waals surface area contributed by atoms with E-state index in [1.807, 2.05) is 29.9 Å². The van der Waals surface area contributed by atoms with Gasteiger partial charge in [-0.3, -0.25) is 4.68 Å². The maximum absolute atomic E-state index is 5.24. The van der Waals surface area contributed by atoms with E-state index in [0.29, 0.717) is 0 Å². The van der Waals surface area contributed by atoms with Crippen molar-refractivity contribution < 1.29 is 4.74 Å². The Morgan fingerprint density at radius 1 is 1.46 bits per heavy atom. The third-order valence-corrected chi connectivity index (χ3v) is 2.57. The third-order valence-electron chi connectivity index (χ3n) is 2.02. The Balaban J connectivity index is 2.88. The lowest BCUT2D eigenvalue weighted by Crippen LogP contribution is -1.88. The van der Waals surface area contributed by atoms with Gasteiger partial charge in [0.05, 0.1) is 18.0 Å². The minimum absolute atomic E-state index is 0.822. The van der Waals surface area contributed by atoms with Crippen molar-refractivity contribution in [2.75, 3.05) is 7.11 Å². The van der Waals surface area contributed by atoms with Crippen LogP contribution in [0.2, 0.25) is 0 Å². The van der Waals surface area contributed by atoms with Gasteiger partial charge in [0.2, 0.25) is 0 Å². The topological polar surface area (TPSA) is 27.1 Å². The van der Waals surface area contributed by atoms with Gasteiger partial charge in [-0.15, -0.1) is 0 Å². The van der Waals surface area contributed by atoms with Crippen LogP contribution in [0.5, 0.6) is 5.75 Å². The van der Waals surface area contributed by atoms with Gasteiger partial charge in [0.1, 0.15) is 10.4 Å². The van der Waals surface area contributed by atoms with Crippen LogP contribution in [-0.2, 0) is 7.05 Å². The molecule has 0 spiro atoms. The summed E-state index contributed by atoms with van der Waals surface area (Å²) in [4.78, 5) is 0. The van der Waals surface area contributed by atoms with Crippen LogP contribution in [0, 0.1) is 0 Å². The summed E-state index contributed by atoms with van der Waals surface area (Å²) in [5.74, 6) is 0.845. The van der Waals surface area contributed by atoms with Crippen LogP contribution >= 0.6 is 15.9 Å². The number of benzene rings is 1. The molecule has 13 heavy (non-hydrogen) atoms. The number of methoxy groups -OCH3 is 1. The second-order valence-electron chi connectivity index (χ2n) is 2.77. The molecule has 0 aliphatic heterocycles. The number of fused-ring (bicyclic) bond motifs is 1. The highest BCUT2D eigenvalue weighted by molar-refractivity contribution is 9.10. The summed E-state index contributed by atoms with van der Waals surface area (Å²) in [6, 6.07) is 5.89. The summed E-state index contributed by atoms with van der Waals surface area (Å²) in [6.45, 7) is 0. The van der Waals surface area contributed by atoms with Crippen molar-refractivity contribution in [2.45, 2.75) is 0 Å². The summed E-state index contributed by atoms with van der Waals surface area (Å²) in [5.41, 5.74) is 1.06. The van der Waals surface area contributed by atoms with Gasteiger partial charge in [-0.1, -0.05) is 6.07 Å². The zero-order valence-corrected chi connectivity index (χ0v) is 9.00. The fraction of sp³-hybridized carbons (Fsp3) is 0.222. The third kappa shape index (κ3) is 1.21. The van der Waals surface area contributed by atoms with E-state index >= 15 is 0 Å². The molecule has 0 N–H and O–H groups in total. The normalized spacial score (nSPS) is 10.7. The molecule has 0 radical (unpaired) electrons. The fourth-order valence-electron chi connectivity index (χ4n) is 1.40. The van der Waals surface area contributed by atoms with E-state index in [-0.39, 0.29) is 0 Å². The number of hydrogen-bond donors (Lipinski definition) is 0. The first-order chi connectivity index (χ1) is 6.24. The smallest absolute Gasteiger partial charge is 0.139 e. The molecule has 4 heteroatoms. The van der Waals surface area contributed by atoms with Crippen molar-refractivity contribution in [3.63, 3.8) is 0 Å². The number of nitrogens with zero attached hydrogens (tertiary/aromatic N) is 2. The summed E-state index contributed by atoms with van der Waals surface area (Å²) in [5, 5.41) is 5.27. The van der Waals surface area contributed by atoms with Crippen molar-refractivity contribution in [3.05, 3.63) is 22.8 Å². The molecule has 0 aliphatic carbocycles. The Labute approximate surface area is 84.4 Å². The van der Waals surface area contributed by atoms with Gasteiger partial charge in [-0.2, -0.15) is 5.10 Å². The summed E-state index contributed by atoms with van der Waals surface area (Å²) in [7, 11) is 3.57. The molecule has 1 aromatic heterocycles. The molecule has 0 saturated carbocycles. The number of aromatic nitrogens is 2. The van der Waals surface area contributed by atoms with E-state index in [2.05, 4.69) is 21.0 Å². The maximum atomic E-state index is 5.24. The van der Waals surface area contributed by atoms with Gasteiger partial charge in [-0.05, 0) is 28.1 Å². The molecule has 0 fully saturated rings. The lowest BCUT2D eigenvalue weighted by atomic mass is 10.2. The minimum atomic E-state index is 0.822. The summed E-state index contributed by atoms with van der Waals surface area (Å²) < 4.78 is 7.88. The SMILES string of the molecule is COc1cccc2c1c(Br)nn2C. The molecule has 68 valence electrons. The molecule has 0 atom stereocenters. The molecular weight excluding hydrogens is 232 g/mol. The molecule has 2 aromatic rings. The molecule has 0 bridgehead atoms. The second kappa shape index (κ2) is 3.03. The van der Waals surface area contributed by atoms with Crippen LogP contribution in [0.4, 0.5) is 0 Å². The zero-order chi connectivity index (χ0) is 9.42. The predicted octanol–water partition coefficient (Wildman–Crippen LogP) is 2.34. The first kappa shape index (κ1) is 8.56. The maximum Gasteiger partial charge on any atom is 0.139 e. The highest BCUT2D eigenvalue weighted by atomic mass is 79.9. The molecular formula is C9H9BrN2O. The van der Waals surface area contributed by atoms with Crippen molar-refractivity contribution in [3.8, 4) is 5.75 Å². The van der Waals surface area contributed by atoms with Crippen molar-refractivity contribution in [1.82, 2.24) is 9.78 Å². The quantitative estimate of drug-likeness (QED) is 0.766. The number of hydrogen-bond acceptors (Lipinski definition) is 2. The Hall–Kier alpha value is -1.03. The van der Waals surface area contributed by atoms with E-state index in [9.17, 15) is 0 Å². The van der Waals surface area contributed by atoms with E-state index in [1.54, 1.807) is 7.11 Å². The van der Waals surface area contributed by atoms with Gasteiger partial charge in [-0.25, -0.2) is 0 Å². The number of halogens is 1. The molecule has 2 rings (SSSR count). The lowest BCUT2D eigenvalue weighted by Gasteiger charge is -2.00. The van der Waals surface area contributed by atoms with Crippen LogP contribution in [-0.4, -0.2) is 16.9 Å². The first-order valence-electron chi connectivity index (χ1n) is 3.89. The number of ether oxygens (including phenoxy) is 1. The average Bonchev–Trinajstić information content (AvgIpc) is 2.43. The van der Waals surface area contributed by atoms with Crippen LogP contribution < -0.4 is 4.74 Å². The number of aryl methyl sites for hydroxylation is 1. The van der Waals surface area contributed by atoms with Gasteiger partial charge in [0.25, 0.3) is 0 Å². The molecule has 0 amide bonds. The molecule has 3 nitrogen and oxygen atoms in total. The highest BCUT2D eigenvalue weighted by Crippen LogP contribution is 2.31. The monoisotopic (exact) mass is 240 g/mol. The van der Waals surface area contributed by atoms with E-state index < -0.39 is 0 Å². The number of rotatable bonds is 1. The Morgan fingerprint density at radius 3 is 2.92 bits per heavy atom. The van der Waals surface area contributed by atoms with Crippen molar-refractivity contribution in [2.24, 2.45) is 7.05 Å². The summed E-state index contributed by atoms with van der Waals surface area (Å²) in [6.07, 6.45) is 0. The molecule has 1 heterocycles. The predicted molar refractivity (Wildman–Crippen MR) is 55.0 cm³/mol. The second-order valence-corrected chi connectivity index (χ2v) is 3.52. The largest absolute Gasteiger partial charge is 0.496 e. The Kier molecular flexibility index (Phi) is 2.00. The van der Waals surface area contributed by atoms with Gasteiger partial charge < -0.3 is 4.74 Å². The van der Waals surface area contributed by atoms with Gasteiger partial charge >= 0.3 is 0 Å². The van der Waals surface area contributed by atoms with Gasteiger partial charge in [0.15, 0.2) is 0 Å². The Morgan fingerprint density at radius 2 is 2.23 bits per heavy atom. The van der Waals surface area contributed by atoms with E-state index in [1.165, 1.54) is 0 Å². The summed E-state index contributed by atoms with van der Waals surface area (Å²) >= 11 is 3.40. The minimum Gasteiger partial charge on any atom is -0.496 e. The highest BCUT2D eigenvalue weighted by Gasteiger charge is 2.09. The van der Waals surface area contributed by atoms with Crippen molar-refractivity contribution >= 4 is 26.8 Å². The standard InChI is InChI=1S/C9H9BrN2O/c1-12-6-4-3-5-7(13-2)8(6)9(10)11-12/h3-5H,1-2H3. The first-order valence-corrected chi connectivity index (χ1v) is 4.68.